The molecule has 0 aliphatic carbocycles. The van der Waals surface area contributed by atoms with Gasteiger partial charge in [0.25, 0.3) is 5.91 Å². The van der Waals surface area contributed by atoms with Crippen LogP contribution >= 0.6 is 0 Å². The first kappa shape index (κ1) is 23.4. The first-order valence-corrected chi connectivity index (χ1v) is 11.5. The SMILES string of the molecule is O=C(Nc1cccnc1)Oc1ccc(CNc2ccccc2C(=O)Nc2cc3ccccc3cn2)cn1. The second-order valence-electron chi connectivity index (χ2n) is 8.03. The molecule has 0 bridgehead atoms. The van der Waals surface area contributed by atoms with Crippen LogP contribution in [0.1, 0.15) is 15.9 Å². The third kappa shape index (κ3) is 6.04. The zero-order valence-electron chi connectivity index (χ0n) is 19.6. The van der Waals surface area contributed by atoms with E-state index in [1.807, 2.05) is 42.5 Å². The summed E-state index contributed by atoms with van der Waals surface area (Å²) in [5.41, 5.74) is 2.51. The lowest BCUT2D eigenvalue weighted by Gasteiger charge is -2.12. The zero-order valence-corrected chi connectivity index (χ0v) is 19.6. The number of ether oxygens (including phenoxy) is 1. The fourth-order valence-electron chi connectivity index (χ4n) is 3.62. The molecule has 0 radical (unpaired) electrons. The standard InChI is InChI=1S/C28H22N6O3/c35-27(34-25-14-20-6-1-2-7-21(20)17-31-25)23-9-3-4-10-24(23)30-15-19-11-12-26(32-16-19)37-28(36)33-22-8-5-13-29-18-22/h1-14,16-18,30H,15H2,(H,33,36)(H,31,34,35). The van der Waals surface area contributed by atoms with Gasteiger partial charge in [0.2, 0.25) is 5.88 Å². The Bertz CT molecular complexity index is 1540. The Morgan fingerprint density at radius 2 is 1.62 bits per heavy atom. The number of carbonyl (C=O) groups excluding carboxylic acids is 2. The number of rotatable bonds is 7. The molecule has 3 aromatic heterocycles. The second-order valence-corrected chi connectivity index (χ2v) is 8.03. The molecule has 3 heterocycles. The minimum absolute atomic E-state index is 0.160. The first-order valence-electron chi connectivity index (χ1n) is 11.5. The van der Waals surface area contributed by atoms with Gasteiger partial charge in [-0.1, -0.05) is 42.5 Å². The number of anilines is 3. The van der Waals surface area contributed by atoms with E-state index in [2.05, 4.69) is 30.9 Å². The van der Waals surface area contributed by atoms with Gasteiger partial charge in [-0.15, -0.1) is 0 Å². The van der Waals surface area contributed by atoms with Crippen LogP contribution < -0.4 is 20.7 Å². The average molecular weight is 491 g/mol. The van der Waals surface area contributed by atoms with Crippen molar-refractivity contribution in [2.24, 2.45) is 0 Å². The summed E-state index contributed by atoms with van der Waals surface area (Å²) >= 11 is 0. The van der Waals surface area contributed by atoms with Crippen LogP contribution in [0, 0.1) is 0 Å². The van der Waals surface area contributed by atoms with Crippen LogP contribution in [0.4, 0.5) is 22.0 Å². The van der Waals surface area contributed by atoms with Gasteiger partial charge < -0.3 is 15.4 Å². The smallest absolute Gasteiger partial charge is 0.391 e. The normalized spacial score (nSPS) is 10.5. The molecule has 0 fully saturated rings. The molecule has 3 N–H and O–H groups in total. The lowest BCUT2D eigenvalue weighted by molar-refractivity contribution is 0.102. The molecular formula is C28H22N6O3. The van der Waals surface area contributed by atoms with Gasteiger partial charge in [0.1, 0.15) is 5.82 Å². The summed E-state index contributed by atoms with van der Waals surface area (Å²) in [6.07, 6.45) is 5.80. The molecule has 0 saturated heterocycles. The number of amides is 2. The van der Waals surface area contributed by atoms with Crippen molar-refractivity contribution in [1.82, 2.24) is 15.0 Å². The van der Waals surface area contributed by atoms with Gasteiger partial charge in [0.15, 0.2) is 0 Å². The minimum Gasteiger partial charge on any atom is -0.391 e. The molecule has 0 atom stereocenters. The van der Waals surface area contributed by atoms with Gasteiger partial charge in [-0.25, -0.2) is 14.8 Å². The number of para-hydroxylation sites is 1. The van der Waals surface area contributed by atoms with E-state index in [0.717, 1.165) is 16.3 Å². The molecule has 182 valence electrons. The molecule has 9 nitrogen and oxygen atoms in total. The highest BCUT2D eigenvalue weighted by Gasteiger charge is 2.12. The average Bonchev–Trinajstić information content (AvgIpc) is 2.93. The number of pyridine rings is 3. The predicted octanol–water partition coefficient (Wildman–Crippen LogP) is 5.50. The zero-order chi connectivity index (χ0) is 25.5. The van der Waals surface area contributed by atoms with Crippen LogP contribution in [0.3, 0.4) is 0 Å². The Kier molecular flexibility index (Phi) is 6.94. The molecular weight excluding hydrogens is 468 g/mol. The highest BCUT2D eigenvalue weighted by atomic mass is 16.6. The van der Waals surface area contributed by atoms with Crippen LogP contribution in [0.2, 0.25) is 0 Å². The van der Waals surface area contributed by atoms with E-state index in [1.165, 1.54) is 6.20 Å². The molecule has 0 aliphatic rings. The maximum absolute atomic E-state index is 13.0. The maximum atomic E-state index is 13.0. The number of hydrogen-bond acceptors (Lipinski definition) is 7. The molecule has 2 amide bonds. The van der Waals surface area contributed by atoms with Crippen LogP contribution in [0.15, 0.2) is 104 Å². The molecule has 0 spiro atoms. The third-order valence-corrected chi connectivity index (χ3v) is 5.43. The van der Waals surface area contributed by atoms with Crippen molar-refractivity contribution < 1.29 is 14.3 Å². The quantitative estimate of drug-likeness (QED) is 0.276. The Morgan fingerprint density at radius 1 is 0.784 bits per heavy atom. The van der Waals surface area contributed by atoms with Gasteiger partial charge in [0, 0.05) is 42.3 Å². The van der Waals surface area contributed by atoms with Crippen molar-refractivity contribution >= 4 is 40.0 Å². The minimum atomic E-state index is -0.660. The molecule has 5 rings (SSSR count). The van der Waals surface area contributed by atoms with Crippen molar-refractivity contribution in [3.63, 3.8) is 0 Å². The summed E-state index contributed by atoms with van der Waals surface area (Å²) in [4.78, 5) is 37.5. The van der Waals surface area contributed by atoms with Gasteiger partial charge >= 0.3 is 6.09 Å². The van der Waals surface area contributed by atoms with Gasteiger partial charge in [-0.3, -0.25) is 15.1 Å². The van der Waals surface area contributed by atoms with Gasteiger partial charge in [0.05, 0.1) is 17.4 Å². The summed E-state index contributed by atoms with van der Waals surface area (Å²) in [5, 5.41) is 10.7. The largest absolute Gasteiger partial charge is 0.418 e. The summed E-state index contributed by atoms with van der Waals surface area (Å²) in [6.45, 7) is 0.410. The Morgan fingerprint density at radius 3 is 2.43 bits per heavy atom. The summed E-state index contributed by atoms with van der Waals surface area (Å²) in [6, 6.07) is 23.7. The second kappa shape index (κ2) is 11.0. The van der Waals surface area contributed by atoms with E-state index in [-0.39, 0.29) is 11.8 Å². The van der Waals surface area contributed by atoms with Gasteiger partial charge in [-0.2, -0.15) is 0 Å². The van der Waals surface area contributed by atoms with E-state index in [9.17, 15) is 9.59 Å². The molecule has 0 saturated carbocycles. The number of nitrogens with zero attached hydrogens (tertiary/aromatic N) is 3. The lowest BCUT2D eigenvalue weighted by atomic mass is 10.1. The Labute approximate surface area is 212 Å². The highest BCUT2D eigenvalue weighted by Crippen LogP contribution is 2.20. The van der Waals surface area contributed by atoms with Crippen molar-refractivity contribution in [1.29, 1.82) is 0 Å². The Balaban J connectivity index is 1.19. The summed E-state index contributed by atoms with van der Waals surface area (Å²) < 4.78 is 5.20. The molecule has 5 aromatic rings. The summed E-state index contributed by atoms with van der Waals surface area (Å²) in [5.74, 6) is 0.367. The van der Waals surface area contributed by atoms with Crippen LogP contribution in [0.25, 0.3) is 10.8 Å². The lowest BCUT2D eigenvalue weighted by Crippen LogP contribution is -2.17. The Hall–Kier alpha value is -5.31. The molecule has 2 aromatic carbocycles. The van der Waals surface area contributed by atoms with Crippen molar-refractivity contribution in [3.8, 4) is 5.88 Å². The number of aromatic nitrogens is 3. The van der Waals surface area contributed by atoms with E-state index in [0.29, 0.717) is 29.3 Å². The third-order valence-electron chi connectivity index (χ3n) is 5.43. The number of nitrogens with one attached hydrogen (secondary N) is 3. The maximum Gasteiger partial charge on any atom is 0.418 e. The molecule has 0 unspecified atom stereocenters. The molecule has 37 heavy (non-hydrogen) atoms. The number of fused-ring (bicyclic) bond motifs is 1. The molecule has 0 aliphatic heterocycles. The van der Waals surface area contributed by atoms with E-state index < -0.39 is 6.09 Å². The van der Waals surface area contributed by atoms with E-state index in [4.69, 9.17) is 4.74 Å². The van der Waals surface area contributed by atoms with Crippen LogP contribution in [-0.4, -0.2) is 27.0 Å². The number of hydrogen-bond donors (Lipinski definition) is 3. The van der Waals surface area contributed by atoms with Crippen molar-refractivity contribution in [2.45, 2.75) is 6.54 Å². The first-order chi connectivity index (χ1) is 18.1. The number of benzene rings is 2. The summed E-state index contributed by atoms with van der Waals surface area (Å²) in [7, 11) is 0. The van der Waals surface area contributed by atoms with Crippen molar-refractivity contribution in [2.75, 3.05) is 16.0 Å². The van der Waals surface area contributed by atoms with Crippen LogP contribution in [0.5, 0.6) is 5.88 Å². The van der Waals surface area contributed by atoms with E-state index in [1.54, 1.807) is 55.0 Å². The fourth-order valence-corrected chi connectivity index (χ4v) is 3.62. The van der Waals surface area contributed by atoms with E-state index >= 15 is 0 Å². The monoisotopic (exact) mass is 490 g/mol. The highest BCUT2D eigenvalue weighted by molar-refractivity contribution is 6.08. The number of carbonyl (C=O) groups is 2. The fraction of sp³-hybridized carbons (Fsp3) is 0.0357. The van der Waals surface area contributed by atoms with Crippen molar-refractivity contribution in [3.05, 3.63) is 115 Å². The predicted molar refractivity (Wildman–Crippen MR) is 142 cm³/mol. The van der Waals surface area contributed by atoms with Gasteiger partial charge in [-0.05, 0) is 41.3 Å². The topological polar surface area (TPSA) is 118 Å². The molecule has 9 heteroatoms. The van der Waals surface area contributed by atoms with Crippen LogP contribution in [-0.2, 0) is 6.54 Å².